The van der Waals surface area contributed by atoms with Crippen molar-refractivity contribution in [2.75, 3.05) is 31.1 Å². The summed E-state index contributed by atoms with van der Waals surface area (Å²) >= 11 is 4.59. The molecule has 5 nitrogen and oxygen atoms in total. The molecule has 1 aliphatic carbocycles. The van der Waals surface area contributed by atoms with Crippen LogP contribution in [0.25, 0.3) is 34.2 Å². The fourth-order valence-corrected chi connectivity index (χ4v) is 7.76. The molecule has 9 rings (SSSR count). The Morgan fingerprint density at radius 3 is 2.61 bits per heavy atom. The van der Waals surface area contributed by atoms with E-state index in [1.165, 1.54) is 38.8 Å². The Bertz CT molecular complexity index is 1510. The topological polar surface area (TPSA) is 44.3 Å². The van der Waals surface area contributed by atoms with E-state index in [9.17, 15) is 0 Å². The van der Waals surface area contributed by atoms with Crippen molar-refractivity contribution >= 4 is 41.5 Å². The van der Waals surface area contributed by atoms with E-state index in [2.05, 4.69) is 64.0 Å². The number of nitrogens with zero attached hydrogens (tertiary/aromatic N) is 4. The van der Waals surface area contributed by atoms with Gasteiger partial charge < -0.3 is 15.1 Å². The molecular weight excluding hydrogens is 529 g/mol. The number of benzene rings is 2. The maximum Gasteiger partial charge on any atom is 0.157 e. The van der Waals surface area contributed by atoms with E-state index in [0.29, 0.717) is 35.4 Å². The number of thiol groups is 1. The highest BCUT2D eigenvalue weighted by Gasteiger charge is 2.38. The van der Waals surface area contributed by atoms with Crippen molar-refractivity contribution in [2.45, 2.75) is 75.4 Å². The summed E-state index contributed by atoms with van der Waals surface area (Å²) in [5.74, 6) is 2.23. The number of fused-ring (bicyclic) bond motifs is 5. The van der Waals surface area contributed by atoms with Crippen LogP contribution in [0.15, 0.2) is 41.3 Å². The van der Waals surface area contributed by atoms with Gasteiger partial charge in [0.2, 0.25) is 0 Å². The number of aryl methyl sites for hydroxylation is 1. The number of nitrogens with one attached hydrogen (secondary N) is 1. The minimum atomic E-state index is -0.288. The molecule has 1 aromatic heterocycles. The first-order chi connectivity index (χ1) is 20.0. The fraction of sp³-hybridized carbons (Fsp3) is 0.471. The monoisotopic (exact) mass is 569 g/mol. The van der Waals surface area contributed by atoms with Gasteiger partial charge in [-0.1, -0.05) is 44.2 Å². The maximum atomic E-state index is 16.1. The number of anilines is 1. The highest BCUT2D eigenvalue weighted by molar-refractivity contribution is 7.80. The van der Waals surface area contributed by atoms with Crippen molar-refractivity contribution in [1.82, 2.24) is 20.2 Å². The molecule has 5 aliphatic heterocycles. The van der Waals surface area contributed by atoms with Crippen LogP contribution >= 0.6 is 12.6 Å². The molecule has 7 heteroatoms. The van der Waals surface area contributed by atoms with E-state index in [-0.39, 0.29) is 5.82 Å². The van der Waals surface area contributed by atoms with E-state index in [1.54, 1.807) is 0 Å². The highest BCUT2D eigenvalue weighted by atomic mass is 32.1. The van der Waals surface area contributed by atoms with Gasteiger partial charge in [-0.05, 0) is 79.5 Å². The highest BCUT2D eigenvalue weighted by Crippen LogP contribution is 2.38. The van der Waals surface area contributed by atoms with Crippen LogP contribution in [-0.2, 0) is 6.42 Å². The minimum Gasteiger partial charge on any atom is -0.353 e. The first-order valence-electron chi connectivity index (χ1n) is 15.4. The number of piperazine rings is 1. The normalized spacial score (nSPS) is 26.3. The number of hydrogen-bond donors (Lipinski definition) is 2. The Labute approximate surface area is 248 Å². The SMILES string of the molecule is CC1CC2CCCN2C1.CCc1nc(N2CC3CC(C2)N3)c2ccc(-c3cc(S)cc4c3C=CCC=C4)c(F)c2n1. The smallest absolute Gasteiger partial charge is 0.157 e. The largest absolute Gasteiger partial charge is 0.353 e. The molecule has 214 valence electrons. The van der Waals surface area contributed by atoms with Gasteiger partial charge >= 0.3 is 0 Å². The summed E-state index contributed by atoms with van der Waals surface area (Å²) in [4.78, 5) is 15.2. The van der Waals surface area contributed by atoms with Gasteiger partial charge in [0, 0.05) is 60.0 Å². The molecule has 0 amide bonds. The number of hydrogen-bond acceptors (Lipinski definition) is 6. The molecule has 4 unspecified atom stereocenters. The lowest BCUT2D eigenvalue weighted by atomic mass is 9.91. The summed E-state index contributed by atoms with van der Waals surface area (Å²) in [6.45, 7) is 8.96. The van der Waals surface area contributed by atoms with Crippen LogP contribution in [0.1, 0.15) is 62.9 Å². The third-order valence-electron chi connectivity index (χ3n) is 9.43. The Morgan fingerprint density at radius 1 is 1.02 bits per heavy atom. The Morgan fingerprint density at radius 2 is 1.83 bits per heavy atom. The van der Waals surface area contributed by atoms with Crippen LogP contribution in [0.5, 0.6) is 0 Å². The lowest BCUT2D eigenvalue weighted by molar-refractivity contribution is 0.225. The molecular formula is C34H40FN5S. The number of halogens is 1. The molecule has 6 heterocycles. The van der Waals surface area contributed by atoms with Crippen molar-refractivity contribution in [3.8, 4) is 11.1 Å². The molecule has 1 N–H and O–H groups in total. The fourth-order valence-electron chi connectivity index (χ4n) is 7.49. The lowest BCUT2D eigenvalue weighted by Gasteiger charge is -2.49. The summed E-state index contributed by atoms with van der Waals surface area (Å²) in [6.07, 6.45) is 15.5. The van der Waals surface area contributed by atoms with Crippen LogP contribution in [0.4, 0.5) is 10.2 Å². The van der Waals surface area contributed by atoms with Gasteiger partial charge in [0.15, 0.2) is 5.82 Å². The number of piperidine rings is 1. The molecule has 0 saturated carbocycles. The van der Waals surface area contributed by atoms with Crippen molar-refractivity contribution in [3.05, 3.63) is 59.2 Å². The van der Waals surface area contributed by atoms with Crippen molar-refractivity contribution in [3.63, 3.8) is 0 Å². The molecule has 41 heavy (non-hydrogen) atoms. The number of rotatable bonds is 3. The second-order valence-electron chi connectivity index (χ2n) is 12.5. The number of aromatic nitrogens is 2. The van der Waals surface area contributed by atoms with E-state index < -0.39 is 0 Å². The van der Waals surface area contributed by atoms with Gasteiger partial charge in [-0.15, -0.1) is 12.6 Å². The van der Waals surface area contributed by atoms with E-state index >= 15 is 4.39 Å². The van der Waals surface area contributed by atoms with Crippen LogP contribution in [0, 0.1) is 11.7 Å². The molecule has 5 fully saturated rings. The van der Waals surface area contributed by atoms with Crippen molar-refractivity contribution in [2.24, 2.45) is 5.92 Å². The van der Waals surface area contributed by atoms with Gasteiger partial charge in [-0.25, -0.2) is 14.4 Å². The van der Waals surface area contributed by atoms with E-state index in [0.717, 1.165) is 64.3 Å². The van der Waals surface area contributed by atoms with Gasteiger partial charge in [-0.3, -0.25) is 0 Å². The standard InChI is InChI=1S/C26H25FN4S.C8H15N/c1-2-23-29-25-21(26(30-23)31-13-16-11-17(14-31)28-16)9-8-20(24(25)27)22-12-18(32)10-15-6-4-3-5-7-19(15)22;1-7-5-8-3-2-4-9(8)6-7/h4-10,12,16-17,28,32H,2-3,11,13-14H2,1H3;7-8H,2-6H2,1H3. The average molecular weight is 570 g/mol. The second-order valence-corrected chi connectivity index (χ2v) is 13.0. The first-order valence-corrected chi connectivity index (χ1v) is 15.9. The minimum absolute atomic E-state index is 0.288. The van der Waals surface area contributed by atoms with Crippen LogP contribution < -0.4 is 10.2 Å². The molecule has 2 bridgehead atoms. The molecule has 0 radical (unpaired) electrons. The summed E-state index contributed by atoms with van der Waals surface area (Å²) in [7, 11) is 0. The van der Waals surface area contributed by atoms with Crippen LogP contribution in [0.3, 0.4) is 0 Å². The van der Waals surface area contributed by atoms with Gasteiger partial charge in [0.1, 0.15) is 17.2 Å². The third-order valence-corrected chi connectivity index (χ3v) is 9.69. The average Bonchev–Trinajstić information content (AvgIpc) is 3.45. The molecule has 5 saturated heterocycles. The van der Waals surface area contributed by atoms with Crippen molar-refractivity contribution in [1.29, 1.82) is 0 Å². The van der Waals surface area contributed by atoms with Gasteiger partial charge in [0.25, 0.3) is 0 Å². The quantitative estimate of drug-likeness (QED) is 0.342. The van der Waals surface area contributed by atoms with E-state index in [1.807, 2.05) is 31.2 Å². The number of allylic oxidation sites excluding steroid dienone is 2. The molecule has 0 spiro atoms. The second kappa shape index (κ2) is 11.2. The Balaban J connectivity index is 0.000000260. The molecule has 3 aromatic rings. The van der Waals surface area contributed by atoms with Crippen LogP contribution in [-0.4, -0.2) is 59.2 Å². The zero-order valence-electron chi connectivity index (χ0n) is 24.1. The molecule has 4 atom stereocenters. The van der Waals surface area contributed by atoms with Crippen molar-refractivity contribution < 1.29 is 4.39 Å². The maximum absolute atomic E-state index is 16.1. The Kier molecular flexibility index (Phi) is 7.38. The van der Waals surface area contributed by atoms with E-state index in [4.69, 9.17) is 4.98 Å². The zero-order chi connectivity index (χ0) is 28.1. The third kappa shape index (κ3) is 5.21. The van der Waals surface area contributed by atoms with Gasteiger partial charge in [-0.2, -0.15) is 0 Å². The molecule has 6 aliphatic rings. The lowest BCUT2D eigenvalue weighted by Crippen LogP contribution is -2.67. The summed E-state index contributed by atoms with van der Waals surface area (Å²) in [5, 5.41) is 4.34. The predicted octanol–water partition coefficient (Wildman–Crippen LogP) is 6.76. The first kappa shape index (κ1) is 27.1. The summed E-state index contributed by atoms with van der Waals surface area (Å²) in [6, 6.07) is 9.83. The summed E-state index contributed by atoms with van der Waals surface area (Å²) < 4.78 is 16.1. The van der Waals surface area contributed by atoms with Crippen LogP contribution in [0.2, 0.25) is 0 Å². The molecule has 2 aromatic carbocycles. The predicted molar refractivity (Wildman–Crippen MR) is 170 cm³/mol. The van der Waals surface area contributed by atoms with Gasteiger partial charge in [0.05, 0.1) is 0 Å². The zero-order valence-corrected chi connectivity index (χ0v) is 25.0. The Hall–Kier alpha value is -2.74. The summed E-state index contributed by atoms with van der Waals surface area (Å²) in [5.41, 5.74) is 3.87.